The fourth-order valence-corrected chi connectivity index (χ4v) is 4.69. The smallest absolute Gasteiger partial charge is 0.543 e. The number of carboxylic acids is 2. The van der Waals surface area contributed by atoms with Crippen LogP contribution < -0.4 is 124 Å². The van der Waals surface area contributed by atoms with E-state index in [0.29, 0.717) is 5.01 Å². The maximum Gasteiger partial charge on any atom is 1.00 e. The van der Waals surface area contributed by atoms with E-state index in [0.717, 1.165) is 65.4 Å². The molecule has 0 fully saturated rings. The first kappa shape index (κ1) is 39.0. The van der Waals surface area contributed by atoms with Crippen LogP contribution in [-0.2, 0) is 29.8 Å². The van der Waals surface area contributed by atoms with Crippen LogP contribution in [-0.4, -0.2) is 59.3 Å². The number of hydrazone groups is 1. The molecule has 1 aromatic heterocycles. The van der Waals surface area contributed by atoms with E-state index in [1.165, 1.54) is 18.2 Å². The molecule has 0 saturated heterocycles. The normalized spacial score (nSPS) is 14.4. The van der Waals surface area contributed by atoms with Crippen LogP contribution in [0.15, 0.2) is 98.1 Å². The van der Waals surface area contributed by atoms with Crippen molar-refractivity contribution in [2.45, 2.75) is 9.79 Å². The number of carbonyl (C=O) groups excluding carboxylic acids is 3. The Morgan fingerprint density at radius 3 is 1.76 bits per heavy atom. The number of nitrogens with one attached hydrogen (secondary N) is 1. The predicted octanol–water partition coefficient (Wildman–Crippen LogP) is -7.32. The van der Waals surface area contributed by atoms with E-state index in [1.54, 1.807) is 0 Å². The van der Waals surface area contributed by atoms with Crippen molar-refractivity contribution in [3.8, 4) is 5.69 Å². The molecule has 3 N–H and O–H groups in total. The van der Waals surface area contributed by atoms with Gasteiger partial charge in [-0.25, -0.2) is 4.68 Å². The number of anilines is 1. The topological polar surface area (TPSA) is 259 Å². The van der Waals surface area contributed by atoms with Crippen LogP contribution in [0.2, 0.25) is 0 Å². The summed E-state index contributed by atoms with van der Waals surface area (Å²) in [6.45, 7) is 0. The van der Waals surface area contributed by atoms with Crippen LogP contribution >= 0.6 is 0 Å². The number of aromatic carboxylic acids is 1. The first-order valence-electron chi connectivity index (χ1n) is 11.5. The van der Waals surface area contributed by atoms with Crippen molar-refractivity contribution in [3.63, 3.8) is 0 Å². The monoisotopic (exact) mass is 706 g/mol. The number of aliphatic carboxylic acids is 1. The molecule has 0 atom stereocenters. The summed E-state index contributed by atoms with van der Waals surface area (Å²) in [5.41, 5.74) is -3.01. The molecule has 0 bridgehead atoms. The Balaban J connectivity index is 0.00000353. The number of hydrogen-bond acceptors (Lipinski definition) is 11. The van der Waals surface area contributed by atoms with Gasteiger partial charge in [0.05, 0.1) is 49.9 Å². The fourth-order valence-electron chi connectivity index (χ4n) is 3.73. The van der Waals surface area contributed by atoms with Crippen molar-refractivity contribution < 1.29 is 153 Å². The minimum Gasteiger partial charge on any atom is -0.543 e. The first-order valence-corrected chi connectivity index (χ1v) is 14.4. The minimum absolute atomic E-state index is 0. The maximum absolute atomic E-state index is 12.9. The number of carboxylic acid groups (broad SMARTS) is 2. The summed E-state index contributed by atoms with van der Waals surface area (Å²) in [5.74, 6) is -4.45. The average Bonchev–Trinajstić information content (AvgIpc) is 3.44. The largest absolute Gasteiger partial charge is 1.00 e. The van der Waals surface area contributed by atoms with Gasteiger partial charge in [-0.2, -0.15) is 26.9 Å². The molecule has 1 aliphatic rings. The number of carbonyl (C=O) groups is 3. The zero-order valence-corrected chi connectivity index (χ0v) is 31.0. The van der Waals surface area contributed by atoms with Gasteiger partial charge in [0.1, 0.15) is 5.71 Å². The van der Waals surface area contributed by atoms with E-state index in [9.17, 15) is 46.2 Å². The summed E-state index contributed by atoms with van der Waals surface area (Å²) in [6, 6.07) is 8.44. The second-order valence-electron chi connectivity index (χ2n) is 8.44. The molecule has 1 aliphatic heterocycles. The standard InChI is InChI=1S/C25H18N4O12S2.2K/c30-22-18(20(24(32)33)26-28(22)14-6-10-16(11-7-14)42(36,37)38)4-2-1-3-5-19-21(25(34)35)27-29(23(19)31)15-8-12-17(13-9-15)43(39,40)41;;/h1-13,26H,(H,32,33)(H,34,35)(H,36,37,38)(H,39,40,41);;/q;2*+1/p-2/b3-1+,4-2+,19-5+;;. The first-order chi connectivity index (χ1) is 20.1. The minimum atomic E-state index is -4.52. The van der Waals surface area contributed by atoms with E-state index >= 15 is 0 Å². The van der Waals surface area contributed by atoms with Crippen LogP contribution in [0.5, 0.6) is 0 Å². The van der Waals surface area contributed by atoms with Gasteiger partial charge in [-0.05, 0) is 60.7 Å². The number of allylic oxidation sites excluding steroid dienone is 4. The molecule has 2 heterocycles. The van der Waals surface area contributed by atoms with Gasteiger partial charge in [0.25, 0.3) is 31.7 Å². The van der Waals surface area contributed by atoms with Gasteiger partial charge in [0.2, 0.25) is 0 Å². The Bertz CT molecular complexity index is 2060. The second-order valence-corrected chi connectivity index (χ2v) is 11.3. The van der Waals surface area contributed by atoms with Crippen LogP contribution in [0.3, 0.4) is 0 Å². The Morgan fingerprint density at radius 2 is 1.29 bits per heavy atom. The Kier molecular flexibility index (Phi) is 13.5. The number of hydrogen-bond donors (Lipinski definition) is 3. The third-order valence-electron chi connectivity index (χ3n) is 5.72. The molecule has 0 radical (unpaired) electrons. The zero-order valence-electron chi connectivity index (χ0n) is 23.1. The van der Waals surface area contributed by atoms with Gasteiger partial charge in [-0.15, -0.1) is 0 Å². The maximum atomic E-state index is 12.9. The molecule has 2 aromatic carbocycles. The van der Waals surface area contributed by atoms with E-state index in [1.807, 2.05) is 0 Å². The van der Waals surface area contributed by atoms with E-state index < -0.39 is 70.4 Å². The van der Waals surface area contributed by atoms with Crippen molar-refractivity contribution in [1.82, 2.24) is 9.78 Å². The number of aromatic nitrogens is 2. The summed E-state index contributed by atoms with van der Waals surface area (Å²) in [6.07, 6.45) is 5.74. The molecule has 16 nitrogen and oxygen atoms in total. The molecule has 222 valence electrons. The Labute approximate surface area is 339 Å². The average molecular weight is 707 g/mol. The van der Waals surface area contributed by atoms with Crippen molar-refractivity contribution in [2.75, 3.05) is 5.01 Å². The van der Waals surface area contributed by atoms with Crippen LogP contribution in [0.4, 0.5) is 5.69 Å². The van der Waals surface area contributed by atoms with Gasteiger partial charge in [0.15, 0.2) is 0 Å². The number of nitrogens with zero attached hydrogens (tertiary/aromatic N) is 3. The van der Waals surface area contributed by atoms with Gasteiger partial charge >= 0.3 is 103 Å². The molecule has 0 spiro atoms. The third kappa shape index (κ3) is 9.01. The van der Waals surface area contributed by atoms with E-state index in [-0.39, 0.29) is 120 Å². The summed E-state index contributed by atoms with van der Waals surface area (Å²) in [7, 11) is -9.02. The van der Waals surface area contributed by atoms with Crippen molar-refractivity contribution in [2.24, 2.45) is 5.10 Å². The summed E-state index contributed by atoms with van der Waals surface area (Å²) < 4.78 is 63.9. The molecule has 0 aliphatic carbocycles. The predicted molar refractivity (Wildman–Crippen MR) is 143 cm³/mol. The molecular weight excluding hydrogens is 691 g/mol. The molecule has 3 aromatic rings. The van der Waals surface area contributed by atoms with Crippen LogP contribution in [0, 0.1) is 0 Å². The molecule has 1 amide bonds. The number of rotatable bonds is 9. The number of H-pyrrole nitrogens is 1. The Morgan fingerprint density at radius 1 is 0.778 bits per heavy atom. The SMILES string of the molecule is O=C([O-])C1=NN(c2ccc(S(=O)(=O)O)cc2)C(=O)/C1=C/C=C/C=C/c1c(C(=O)[O-])[nH]n(-c2ccc(S(=O)(=O)O)cc2)c1=O.[K+].[K+]. The van der Waals surface area contributed by atoms with Gasteiger partial charge in [-0.1, -0.05) is 18.2 Å². The molecule has 45 heavy (non-hydrogen) atoms. The summed E-state index contributed by atoms with van der Waals surface area (Å²) in [4.78, 5) is 47.9. The molecule has 0 unspecified atom stereocenters. The molecule has 4 rings (SSSR count). The van der Waals surface area contributed by atoms with E-state index in [2.05, 4.69) is 10.2 Å². The third-order valence-corrected chi connectivity index (χ3v) is 7.46. The van der Waals surface area contributed by atoms with Crippen LogP contribution in [0.25, 0.3) is 11.8 Å². The van der Waals surface area contributed by atoms with Crippen LogP contribution in [0.1, 0.15) is 16.1 Å². The van der Waals surface area contributed by atoms with Gasteiger partial charge in [-0.3, -0.25) is 23.8 Å². The quantitative estimate of drug-likeness (QED) is 0.0812. The Hall–Kier alpha value is -2.16. The number of amides is 1. The van der Waals surface area contributed by atoms with Crippen molar-refractivity contribution in [1.29, 1.82) is 0 Å². The zero-order chi connectivity index (χ0) is 31.7. The molecule has 0 saturated carbocycles. The van der Waals surface area contributed by atoms with Gasteiger partial charge < -0.3 is 19.8 Å². The van der Waals surface area contributed by atoms with Crippen molar-refractivity contribution in [3.05, 3.63) is 100 Å². The summed E-state index contributed by atoms with van der Waals surface area (Å²) >= 11 is 0. The number of aromatic amines is 1. The molecular formula is C25H16K2N4O12S2. The number of benzene rings is 2. The summed E-state index contributed by atoms with van der Waals surface area (Å²) in [5, 5.41) is 29.8. The molecule has 20 heteroatoms. The fraction of sp³-hybridized carbons (Fsp3) is 0. The second kappa shape index (κ2) is 15.6. The van der Waals surface area contributed by atoms with E-state index in [4.69, 9.17) is 9.11 Å². The van der Waals surface area contributed by atoms with Crippen molar-refractivity contribution >= 4 is 55.6 Å². The van der Waals surface area contributed by atoms with Gasteiger partial charge in [0, 0.05) is 0 Å².